The van der Waals surface area contributed by atoms with Crippen LogP contribution in [0.1, 0.15) is 18.2 Å². The highest BCUT2D eigenvalue weighted by molar-refractivity contribution is 9.10. The van der Waals surface area contributed by atoms with Crippen LogP contribution in [0.15, 0.2) is 21.7 Å². The zero-order valence-electron chi connectivity index (χ0n) is 11.1. The van der Waals surface area contributed by atoms with Gasteiger partial charge in [-0.1, -0.05) is 6.92 Å². The smallest absolute Gasteiger partial charge is 0.282 e. The van der Waals surface area contributed by atoms with Crippen LogP contribution in [0.2, 0.25) is 0 Å². The molecular weight excluding hydrogens is 310 g/mol. The molecule has 0 amide bonds. The molecule has 0 bridgehead atoms. The number of nitrogens with one attached hydrogen (secondary N) is 1. The molecule has 19 heavy (non-hydrogen) atoms. The molecule has 0 saturated carbocycles. The van der Waals surface area contributed by atoms with Crippen molar-refractivity contribution >= 4 is 21.6 Å². The number of aryl methyl sites for hydroxylation is 3. The van der Waals surface area contributed by atoms with E-state index in [1.807, 2.05) is 13.2 Å². The first kappa shape index (κ1) is 13.8. The summed E-state index contributed by atoms with van der Waals surface area (Å²) in [5.74, 6) is 0. The van der Waals surface area contributed by atoms with Crippen molar-refractivity contribution in [2.75, 3.05) is 5.32 Å². The van der Waals surface area contributed by atoms with Crippen molar-refractivity contribution in [1.29, 1.82) is 0 Å². The fourth-order valence-electron chi connectivity index (χ4n) is 1.85. The molecule has 2 aromatic heterocycles. The van der Waals surface area contributed by atoms with Gasteiger partial charge >= 0.3 is 0 Å². The van der Waals surface area contributed by atoms with Crippen molar-refractivity contribution < 1.29 is 0 Å². The number of nitrogens with zero attached hydrogens (tertiary/aromatic N) is 4. The second-order valence-corrected chi connectivity index (χ2v) is 5.08. The van der Waals surface area contributed by atoms with Gasteiger partial charge in [0.05, 0.1) is 17.6 Å². The molecule has 2 rings (SSSR count). The highest BCUT2D eigenvalue weighted by Gasteiger charge is 2.09. The molecule has 0 fully saturated rings. The van der Waals surface area contributed by atoms with Crippen molar-refractivity contribution in [3.05, 3.63) is 38.5 Å². The third-order valence-electron chi connectivity index (χ3n) is 2.87. The quantitative estimate of drug-likeness (QED) is 0.924. The second-order valence-electron chi connectivity index (χ2n) is 4.28. The van der Waals surface area contributed by atoms with E-state index < -0.39 is 0 Å². The minimum Gasteiger partial charge on any atom is -0.378 e. The Balaban J connectivity index is 2.19. The Morgan fingerprint density at radius 2 is 2.16 bits per heavy atom. The van der Waals surface area contributed by atoms with E-state index >= 15 is 0 Å². The molecule has 6 nitrogen and oxygen atoms in total. The average molecular weight is 326 g/mol. The summed E-state index contributed by atoms with van der Waals surface area (Å²) in [6.45, 7) is 2.69. The molecule has 0 radical (unpaired) electrons. The summed E-state index contributed by atoms with van der Waals surface area (Å²) < 4.78 is 3.58. The zero-order chi connectivity index (χ0) is 14.0. The summed E-state index contributed by atoms with van der Waals surface area (Å²) >= 11 is 3.29. The van der Waals surface area contributed by atoms with Gasteiger partial charge in [0.25, 0.3) is 5.56 Å². The summed E-state index contributed by atoms with van der Waals surface area (Å²) in [5, 5.41) is 11.6. The molecule has 1 N–H and O–H groups in total. The van der Waals surface area contributed by atoms with Crippen LogP contribution < -0.4 is 10.9 Å². The van der Waals surface area contributed by atoms with Crippen molar-refractivity contribution in [2.24, 2.45) is 14.1 Å². The van der Waals surface area contributed by atoms with Crippen molar-refractivity contribution in [2.45, 2.75) is 19.9 Å². The summed E-state index contributed by atoms with van der Waals surface area (Å²) in [6.07, 6.45) is 4.50. The summed E-state index contributed by atoms with van der Waals surface area (Å²) in [6, 6.07) is 0. The van der Waals surface area contributed by atoms with Gasteiger partial charge < -0.3 is 5.32 Å². The molecule has 0 aliphatic heterocycles. The van der Waals surface area contributed by atoms with Gasteiger partial charge in [0.2, 0.25) is 0 Å². The van der Waals surface area contributed by atoms with E-state index in [0.717, 1.165) is 17.7 Å². The number of rotatable bonds is 4. The van der Waals surface area contributed by atoms with Crippen LogP contribution in [-0.4, -0.2) is 19.6 Å². The highest BCUT2D eigenvalue weighted by Crippen LogP contribution is 2.17. The lowest BCUT2D eigenvalue weighted by Gasteiger charge is -2.08. The van der Waals surface area contributed by atoms with Crippen molar-refractivity contribution in [3.8, 4) is 0 Å². The third-order valence-corrected chi connectivity index (χ3v) is 3.64. The summed E-state index contributed by atoms with van der Waals surface area (Å²) in [5.41, 5.74) is 2.71. The molecule has 102 valence electrons. The number of hydrogen-bond acceptors (Lipinski definition) is 4. The van der Waals surface area contributed by atoms with E-state index in [0.29, 0.717) is 16.7 Å². The predicted molar refractivity (Wildman–Crippen MR) is 77.1 cm³/mol. The molecule has 0 saturated heterocycles. The van der Waals surface area contributed by atoms with E-state index in [1.54, 1.807) is 17.9 Å². The minimum absolute atomic E-state index is 0.160. The molecule has 0 atom stereocenters. The molecule has 0 spiro atoms. The Kier molecular flexibility index (Phi) is 4.04. The highest BCUT2D eigenvalue weighted by atomic mass is 79.9. The fraction of sp³-hybridized carbons (Fsp3) is 0.417. The standard InChI is InChI=1S/C12H16BrN5O/c1-4-9-8(7-17(2)16-9)5-14-10-6-15-18(3)12(19)11(10)13/h6-7,14H,4-5H2,1-3H3. The molecule has 0 unspecified atom stereocenters. The Bertz CT molecular complexity index is 646. The van der Waals surface area contributed by atoms with Crippen LogP contribution >= 0.6 is 15.9 Å². The van der Waals surface area contributed by atoms with Crippen LogP contribution in [-0.2, 0) is 27.1 Å². The fourth-order valence-corrected chi connectivity index (χ4v) is 2.35. The number of hydrogen-bond donors (Lipinski definition) is 1. The van der Waals surface area contributed by atoms with E-state index in [-0.39, 0.29) is 5.56 Å². The first-order valence-electron chi connectivity index (χ1n) is 6.00. The Labute approximate surface area is 119 Å². The Morgan fingerprint density at radius 1 is 1.42 bits per heavy atom. The van der Waals surface area contributed by atoms with Gasteiger partial charge in [-0.2, -0.15) is 10.2 Å². The molecule has 7 heteroatoms. The van der Waals surface area contributed by atoms with Gasteiger partial charge in [-0.05, 0) is 22.4 Å². The summed E-state index contributed by atoms with van der Waals surface area (Å²) in [4.78, 5) is 11.7. The maximum Gasteiger partial charge on any atom is 0.282 e. The van der Waals surface area contributed by atoms with E-state index in [9.17, 15) is 4.79 Å². The number of halogens is 1. The van der Waals surface area contributed by atoms with E-state index in [1.165, 1.54) is 4.68 Å². The molecule has 2 heterocycles. The maximum absolute atomic E-state index is 11.7. The van der Waals surface area contributed by atoms with E-state index in [2.05, 4.69) is 38.4 Å². The molecule has 0 aromatic carbocycles. The minimum atomic E-state index is -0.160. The maximum atomic E-state index is 11.7. The summed E-state index contributed by atoms with van der Waals surface area (Å²) in [7, 11) is 3.52. The van der Waals surface area contributed by atoms with Gasteiger partial charge in [0, 0.05) is 32.4 Å². The SMILES string of the molecule is CCc1nn(C)cc1CNc1cnn(C)c(=O)c1Br. The molecule has 0 aliphatic rings. The normalized spacial score (nSPS) is 10.7. The lowest BCUT2D eigenvalue weighted by Crippen LogP contribution is -2.21. The molecular formula is C12H16BrN5O. The second kappa shape index (κ2) is 5.56. The first-order chi connectivity index (χ1) is 9.02. The monoisotopic (exact) mass is 325 g/mol. The van der Waals surface area contributed by atoms with Crippen LogP contribution in [0.25, 0.3) is 0 Å². The van der Waals surface area contributed by atoms with Gasteiger partial charge in [-0.15, -0.1) is 0 Å². The van der Waals surface area contributed by atoms with E-state index in [4.69, 9.17) is 0 Å². The van der Waals surface area contributed by atoms with Gasteiger partial charge in [0.15, 0.2) is 0 Å². The van der Waals surface area contributed by atoms with Crippen LogP contribution in [0, 0.1) is 0 Å². The predicted octanol–water partition coefficient (Wildman–Crippen LogP) is 1.45. The zero-order valence-corrected chi connectivity index (χ0v) is 12.7. The third kappa shape index (κ3) is 2.86. The van der Waals surface area contributed by atoms with Crippen LogP contribution in [0.4, 0.5) is 5.69 Å². The lowest BCUT2D eigenvalue weighted by atomic mass is 10.2. The lowest BCUT2D eigenvalue weighted by molar-refractivity contribution is 0.703. The van der Waals surface area contributed by atoms with Gasteiger partial charge in [-0.3, -0.25) is 9.48 Å². The van der Waals surface area contributed by atoms with Crippen LogP contribution in [0.5, 0.6) is 0 Å². The molecule has 2 aromatic rings. The average Bonchev–Trinajstić information content (AvgIpc) is 2.75. The van der Waals surface area contributed by atoms with Crippen molar-refractivity contribution in [1.82, 2.24) is 19.6 Å². The van der Waals surface area contributed by atoms with Crippen molar-refractivity contribution in [3.63, 3.8) is 0 Å². The topological polar surface area (TPSA) is 64.7 Å². The largest absolute Gasteiger partial charge is 0.378 e. The Hall–Kier alpha value is -1.63. The molecule has 0 aliphatic carbocycles. The number of anilines is 1. The number of aromatic nitrogens is 4. The van der Waals surface area contributed by atoms with Gasteiger partial charge in [0.1, 0.15) is 4.47 Å². The van der Waals surface area contributed by atoms with Gasteiger partial charge in [-0.25, -0.2) is 4.68 Å². The first-order valence-corrected chi connectivity index (χ1v) is 6.79. The van der Waals surface area contributed by atoms with Crippen LogP contribution in [0.3, 0.4) is 0 Å². The Morgan fingerprint density at radius 3 is 2.84 bits per heavy atom.